The summed E-state index contributed by atoms with van der Waals surface area (Å²) in [5.41, 5.74) is -1.52. The van der Waals surface area contributed by atoms with E-state index < -0.39 is 138 Å². The second kappa shape index (κ2) is 30.3. The Morgan fingerprint density at radius 3 is 1.94 bits per heavy atom. The van der Waals surface area contributed by atoms with Gasteiger partial charge in [0.05, 0.1) is 44.5 Å². The van der Waals surface area contributed by atoms with Crippen LogP contribution in [0.15, 0.2) is 12.4 Å². The van der Waals surface area contributed by atoms with Crippen LogP contribution in [-0.2, 0) is 47.9 Å². The average Bonchev–Trinajstić information content (AvgIpc) is 2.53. The molecule has 1 unspecified atom stereocenters. The maximum Gasteiger partial charge on any atom is 0.324 e. The molecule has 1 aromatic rings. The molecule has 2 saturated carbocycles. The van der Waals surface area contributed by atoms with Crippen molar-refractivity contribution in [2.75, 3.05) is 88.6 Å². The van der Waals surface area contributed by atoms with E-state index in [0.717, 1.165) is 32.1 Å². The molecule has 5 aliphatic rings. The van der Waals surface area contributed by atoms with Gasteiger partial charge in [-0.2, -0.15) is 0 Å². The van der Waals surface area contributed by atoms with Crippen LogP contribution in [0.2, 0.25) is 0 Å². The van der Waals surface area contributed by atoms with Crippen LogP contribution in [-0.4, -0.2) is 255 Å². The van der Waals surface area contributed by atoms with Crippen LogP contribution in [0, 0.1) is 23.7 Å². The zero-order valence-corrected chi connectivity index (χ0v) is 53.4. The predicted molar refractivity (Wildman–Crippen MR) is 318 cm³/mol. The largest absolute Gasteiger partial charge is 0.342 e. The van der Waals surface area contributed by atoms with E-state index in [1.165, 1.54) is 80.4 Å². The van der Waals surface area contributed by atoms with Gasteiger partial charge in [0, 0.05) is 74.5 Å². The number of carbonyl (C=O) groups is 11. The van der Waals surface area contributed by atoms with Crippen LogP contribution < -0.4 is 16.0 Å². The fourth-order valence-electron chi connectivity index (χ4n) is 13.3. The average molecular weight is 1210 g/mol. The quantitative estimate of drug-likeness (QED) is 0.319. The van der Waals surface area contributed by atoms with Crippen molar-refractivity contribution >= 4 is 65.1 Å². The summed E-state index contributed by atoms with van der Waals surface area (Å²) in [6.45, 7) is 10.6. The summed E-state index contributed by atoms with van der Waals surface area (Å²) in [5, 5.41) is 16.5. The molecular weight excluding hydrogens is 1110 g/mol. The van der Waals surface area contributed by atoms with E-state index in [1.54, 1.807) is 50.9 Å². The first-order valence-electron chi connectivity index (χ1n) is 31.2. The Kier molecular flexibility index (Phi) is 24.1. The molecule has 0 radical (unpaired) electrons. The maximum absolute atomic E-state index is 15.3. The molecule has 2 aliphatic carbocycles. The van der Waals surface area contributed by atoms with Gasteiger partial charge in [-0.3, -0.25) is 58.2 Å². The fraction of sp³-hybridized carbons (Fsp3) is 0.783. The van der Waals surface area contributed by atoms with Crippen LogP contribution in [0.5, 0.6) is 0 Å². The third kappa shape index (κ3) is 16.5. The smallest absolute Gasteiger partial charge is 0.324 e. The van der Waals surface area contributed by atoms with Gasteiger partial charge in [0.2, 0.25) is 59.1 Å². The zero-order chi connectivity index (χ0) is 63.5. The van der Waals surface area contributed by atoms with E-state index in [4.69, 9.17) is 0 Å². The highest BCUT2D eigenvalue weighted by atomic mass is 16.2. The number of likely N-dealkylation sites (N-methyl/N-ethyl adjacent to an activating group) is 7. The molecule has 1 spiro atoms. The number of hydrogen-bond acceptors (Lipinski definition) is 14. The van der Waals surface area contributed by atoms with Crippen LogP contribution in [0.4, 0.5) is 4.79 Å². The van der Waals surface area contributed by atoms with Crippen molar-refractivity contribution in [1.29, 1.82) is 0 Å². The number of hydrogen-bond donors (Lipinski definition) is 3. The normalized spacial score (nSPS) is 27.7. The van der Waals surface area contributed by atoms with E-state index in [1.807, 2.05) is 20.8 Å². The lowest BCUT2D eigenvalue weighted by molar-refractivity contribution is -0.156. The number of likely N-dealkylation sites (tertiary alicyclic amines) is 1. The minimum absolute atomic E-state index is 0.0507. The zero-order valence-electron chi connectivity index (χ0n) is 53.4. The van der Waals surface area contributed by atoms with Gasteiger partial charge in [0.25, 0.3) is 0 Å². The molecule has 5 fully saturated rings. The first-order valence-corrected chi connectivity index (χ1v) is 31.2. The molecular formula is C60H99N15O11. The van der Waals surface area contributed by atoms with Gasteiger partial charge in [-0.1, -0.05) is 91.7 Å². The Balaban J connectivity index is 1.39. The van der Waals surface area contributed by atoms with E-state index in [9.17, 15) is 43.2 Å². The minimum Gasteiger partial charge on any atom is -0.342 e. The van der Waals surface area contributed by atoms with Crippen molar-refractivity contribution in [3.05, 3.63) is 12.4 Å². The molecule has 480 valence electrons. The summed E-state index contributed by atoms with van der Waals surface area (Å²) in [4.78, 5) is 173. The summed E-state index contributed by atoms with van der Waals surface area (Å²) in [7, 11) is 10.6. The summed E-state index contributed by atoms with van der Waals surface area (Å²) < 4.78 is 1.53. The summed E-state index contributed by atoms with van der Waals surface area (Å²) in [5.74, 6) is -6.71. The summed E-state index contributed by atoms with van der Waals surface area (Å²) in [6.07, 6.45) is 10.8. The third-order valence-corrected chi connectivity index (χ3v) is 18.8. The predicted octanol–water partition coefficient (Wildman–Crippen LogP) is 1.90. The highest BCUT2D eigenvalue weighted by Crippen LogP contribution is 2.36. The lowest BCUT2D eigenvalue weighted by Gasteiger charge is -2.42. The number of fused-ring (bicyclic) bond motifs is 1. The monoisotopic (exact) mass is 1210 g/mol. The molecule has 3 aliphatic heterocycles. The van der Waals surface area contributed by atoms with Crippen molar-refractivity contribution in [3.63, 3.8) is 0 Å². The first kappa shape index (κ1) is 68.4. The Morgan fingerprint density at radius 2 is 1.35 bits per heavy atom. The SMILES string of the molecule is CC[C@H](C)[C@@H]1NC(=O)[C@H](CC(C)C)N(C)C(=O)C[C@@H](C(=O)N2CCCCC2)N(C)C(=O)C(C(C)C)N(C)C(=O)C2(CCCC2)NC(=O)[C@@H]2C[C@H](n3ccnn3)CN2C(=O)NC(=O)CN(C)[C@H](CC2CCCC2)N(C)C(=O)CN(C)C(=O)CN(C)C1=O. The molecule has 3 saturated heterocycles. The van der Waals surface area contributed by atoms with Gasteiger partial charge in [-0.25, -0.2) is 9.48 Å². The molecule has 1 aromatic heterocycles. The second-order valence-electron chi connectivity index (χ2n) is 26.0. The van der Waals surface area contributed by atoms with Crippen molar-refractivity contribution < 1.29 is 52.7 Å². The number of urea groups is 1. The van der Waals surface area contributed by atoms with Gasteiger partial charge < -0.3 is 49.8 Å². The number of rotatable bonds is 9. The van der Waals surface area contributed by atoms with E-state index >= 15 is 9.59 Å². The maximum atomic E-state index is 15.3. The number of imide groups is 1. The molecule has 12 amide bonds. The molecule has 26 nitrogen and oxygen atoms in total. The molecule has 3 N–H and O–H groups in total. The molecule has 0 bridgehead atoms. The number of nitrogens with zero attached hydrogens (tertiary/aromatic N) is 12. The van der Waals surface area contributed by atoms with Crippen LogP contribution in [0.3, 0.4) is 0 Å². The summed E-state index contributed by atoms with van der Waals surface area (Å²) >= 11 is 0. The van der Waals surface area contributed by atoms with Crippen LogP contribution in [0.1, 0.15) is 150 Å². The van der Waals surface area contributed by atoms with Crippen LogP contribution in [0.25, 0.3) is 0 Å². The Morgan fingerprint density at radius 1 is 0.709 bits per heavy atom. The minimum atomic E-state index is -1.52. The van der Waals surface area contributed by atoms with Crippen LogP contribution >= 0.6 is 0 Å². The standard InChI is InChI=1S/C60H99N15O11/c1-14-40(6)51-56(83)68(9)36-49(78)67(8)37-50(79)71(12)47(31-41-22-16-17-23-41)66(7)35-46(76)62-59(86)74-34-42(75-29-26-61-65-75)32-44(74)54(81)64-60(24-18-19-25-60)58(85)72(13)52(39(4)5)57(84)70(11)45(55(82)73-27-20-15-21-28-73)33-48(77)69(10)43(30-38(2)3)53(80)63-51/h26,29,38-45,47,51-52H,14-25,27-28,30-37H2,1-13H3,(H,63,80)(H,64,81)(H,62,76,86)/t40-,42-,43-,44-,45-,47-,51-,52?/m0/s1. The van der Waals surface area contributed by atoms with Gasteiger partial charge in [-0.05, 0) is 75.7 Å². The summed E-state index contributed by atoms with van der Waals surface area (Å²) in [6, 6.07) is -7.44. The third-order valence-electron chi connectivity index (χ3n) is 18.8. The molecule has 26 heteroatoms. The number of aromatic nitrogens is 3. The first-order chi connectivity index (χ1) is 40.6. The number of carbonyl (C=O) groups excluding carboxylic acids is 11. The van der Waals surface area contributed by atoms with Gasteiger partial charge in [0.1, 0.15) is 35.7 Å². The lowest BCUT2D eigenvalue weighted by Crippen LogP contribution is -2.65. The van der Waals surface area contributed by atoms with E-state index in [-0.39, 0.29) is 57.2 Å². The Bertz CT molecular complexity index is 2580. The molecule has 8 atom stereocenters. The highest BCUT2D eigenvalue weighted by molar-refractivity contribution is 6.01. The van der Waals surface area contributed by atoms with Crippen molar-refractivity contribution in [2.24, 2.45) is 23.7 Å². The van der Waals surface area contributed by atoms with E-state index in [0.29, 0.717) is 51.6 Å². The molecule has 4 heterocycles. The number of amides is 12. The number of nitrogens with one attached hydrogen (secondary N) is 3. The lowest BCUT2D eigenvalue weighted by atomic mass is 9.91. The molecule has 0 aromatic carbocycles. The highest BCUT2D eigenvalue weighted by Gasteiger charge is 2.51. The van der Waals surface area contributed by atoms with Crippen molar-refractivity contribution in [2.45, 2.75) is 192 Å². The number of piperidine rings is 1. The molecule has 86 heavy (non-hydrogen) atoms. The van der Waals surface area contributed by atoms with Gasteiger partial charge in [0.15, 0.2) is 0 Å². The van der Waals surface area contributed by atoms with Gasteiger partial charge in [-0.15, -0.1) is 5.10 Å². The topological polar surface area (TPSA) is 284 Å². The van der Waals surface area contributed by atoms with E-state index in [2.05, 4.69) is 26.3 Å². The van der Waals surface area contributed by atoms with Crippen molar-refractivity contribution in [1.82, 2.24) is 75.0 Å². The molecule has 6 rings (SSSR count). The van der Waals surface area contributed by atoms with Crippen molar-refractivity contribution in [3.8, 4) is 0 Å². The Hall–Kier alpha value is -6.73. The fourth-order valence-corrected chi connectivity index (χ4v) is 13.3. The van der Waals surface area contributed by atoms with Gasteiger partial charge >= 0.3 is 6.03 Å². The Labute approximate surface area is 508 Å². The second-order valence-corrected chi connectivity index (χ2v) is 26.0.